The van der Waals surface area contributed by atoms with Crippen LogP contribution < -0.4 is 0 Å². The largest absolute Gasteiger partial charge is 0.461 e. The molecule has 25 heavy (non-hydrogen) atoms. The van der Waals surface area contributed by atoms with E-state index in [9.17, 15) is 9.90 Å². The Hall–Kier alpha value is -1.09. The molecular weight excluding hydrogens is 312 g/mol. The summed E-state index contributed by atoms with van der Waals surface area (Å²) in [4.78, 5) is 11.2. The second kappa shape index (κ2) is 8.07. The van der Waals surface area contributed by atoms with Crippen molar-refractivity contribution in [2.24, 2.45) is 17.3 Å². The van der Waals surface area contributed by atoms with E-state index in [1.54, 1.807) is 0 Å². The van der Waals surface area contributed by atoms with Crippen molar-refractivity contribution in [1.29, 1.82) is 0 Å². The molecule has 0 unspecified atom stereocenters. The highest BCUT2D eigenvalue weighted by Crippen LogP contribution is 2.53. The highest BCUT2D eigenvalue weighted by Gasteiger charge is 2.49. The lowest BCUT2D eigenvalue weighted by Crippen LogP contribution is -2.51. The fourth-order valence-electron chi connectivity index (χ4n) is 4.92. The number of carbonyl (C=O) groups excluding carboxylic acids is 1. The second-order valence-electron chi connectivity index (χ2n) is 8.97. The molecule has 142 valence electrons. The summed E-state index contributed by atoms with van der Waals surface area (Å²) >= 11 is 0. The van der Waals surface area contributed by atoms with Crippen molar-refractivity contribution in [3.63, 3.8) is 0 Å². The summed E-state index contributed by atoms with van der Waals surface area (Å²) in [5, 5.41) is 11.0. The predicted molar refractivity (Wildman–Crippen MR) is 102 cm³/mol. The van der Waals surface area contributed by atoms with Gasteiger partial charge in [-0.3, -0.25) is 4.79 Å². The van der Waals surface area contributed by atoms with Gasteiger partial charge in [-0.05, 0) is 81.6 Å². The van der Waals surface area contributed by atoms with Crippen LogP contribution in [0.3, 0.4) is 0 Å². The fraction of sp³-hybridized carbons (Fsp3) is 0.773. The van der Waals surface area contributed by atoms with E-state index in [4.69, 9.17) is 4.74 Å². The number of rotatable bonds is 2. The van der Waals surface area contributed by atoms with Gasteiger partial charge in [0, 0.05) is 6.92 Å². The molecule has 0 radical (unpaired) electrons. The monoisotopic (exact) mass is 348 g/mol. The molecule has 2 aliphatic rings. The predicted octanol–water partition coefficient (Wildman–Crippen LogP) is 5.19. The summed E-state index contributed by atoms with van der Waals surface area (Å²) in [7, 11) is 0. The van der Waals surface area contributed by atoms with Gasteiger partial charge in [-0.25, -0.2) is 0 Å². The van der Waals surface area contributed by atoms with E-state index >= 15 is 0 Å². The molecule has 1 N–H and O–H groups in total. The zero-order valence-electron chi connectivity index (χ0n) is 16.7. The van der Waals surface area contributed by atoms with Crippen molar-refractivity contribution in [3.05, 3.63) is 23.3 Å². The zero-order chi connectivity index (χ0) is 18.7. The van der Waals surface area contributed by atoms with Crippen LogP contribution in [0.15, 0.2) is 23.3 Å². The van der Waals surface area contributed by atoms with Gasteiger partial charge >= 0.3 is 5.97 Å². The molecule has 3 nitrogen and oxygen atoms in total. The number of esters is 1. The summed E-state index contributed by atoms with van der Waals surface area (Å²) in [6.45, 7) is 10.8. The third kappa shape index (κ3) is 5.20. The zero-order valence-corrected chi connectivity index (χ0v) is 16.7. The average Bonchev–Trinajstić information content (AvgIpc) is 2.49. The molecule has 0 aliphatic heterocycles. The van der Waals surface area contributed by atoms with Gasteiger partial charge in [-0.2, -0.15) is 0 Å². The Morgan fingerprint density at radius 1 is 1.24 bits per heavy atom. The first-order chi connectivity index (χ1) is 11.6. The number of carbonyl (C=O) groups is 1. The van der Waals surface area contributed by atoms with Crippen LogP contribution in [-0.4, -0.2) is 23.3 Å². The molecule has 0 saturated heterocycles. The standard InChI is InChI=1S/C22H36O3/c1-16-7-6-8-18(15-25-17(2)23)10-11-19-13-14-22(5,24)20(12-9-16)21(19,3)4/h7,10,19-20,24H,6,8-9,11-15H2,1-5H3/b16-7+,18-10+/t19-,20+,22+/m1/s1. The van der Waals surface area contributed by atoms with Crippen molar-refractivity contribution in [2.45, 2.75) is 85.2 Å². The summed E-state index contributed by atoms with van der Waals surface area (Å²) in [6, 6.07) is 0. The maximum absolute atomic E-state index is 11.2. The molecule has 0 heterocycles. The average molecular weight is 349 g/mol. The van der Waals surface area contributed by atoms with Crippen molar-refractivity contribution in [2.75, 3.05) is 6.61 Å². The number of allylic oxidation sites excluding steroid dienone is 3. The van der Waals surface area contributed by atoms with Crippen LogP contribution in [0.5, 0.6) is 0 Å². The molecule has 2 aliphatic carbocycles. The number of fused-ring (bicyclic) bond motifs is 2. The van der Waals surface area contributed by atoms with Crippen LogP contribution in [-0.2, 0) is 9.53 Å². The van der Waals surface area contributed by atoms with E-state index < -0.39 is 5.60 Å². The first kappa shape index (κ1) is 20.2. The van der Waals surface area contributed by atoms with E-state index in [2.05, 4.69) is 32.9 Å². The molecule has 0 amide bonds. The minimum atomic E-state index is -0.575. The van der Waals surface area contributed by atoms with Gasteiger partial charge in [0.1, 0.15) is 6.61 Å². The van der Waals surface area contributed by atoms with Gasteiger partial charge in [0.05, 0.1) is 5.60 Å². The van der Waals surface area contributed by atoms with Crippen LogP contribution in [0, 0.1) is 17.3 Å². The Balaban J connectivity index is 2.26. The summed E-state index contributed by atoms with van der Waals surface area (Å²) in [5.74, 6) is 0.661. The van der Waals surface area contributed by atoms with E-state index in [-0.39, 0.29) is 11.4 Å². The molecule has 0 spiro atoms. The minimum Gasteiger partial charge on any atom is -0.461 e. The second-order valence-corrected chi connectivity index (χ2v) is 8.97. The van der Waals surface area contributed by atoms with Crippen LogP contribution >= 0.6 is 0 Å². The molecule has 2 bridgehead atoms. The maximum Gasteiger partial charge on any atom is 0.302 e. The topological polar surface area (TPSA) is 46.5 Å². The van der Waals surface area contributed by atoms with Gasteiger partial charge in [-0.15, -0.1) is 0 Å². The molecule has 1 saturated carbocycles. The van der Waals surface area contributed by atoms with Crippen LogP contribution in [0.1, 0.15) is 79.6 Å². The lowest BCUT2D eigenvalue weighted by atomic mass is 9.54. The van der Waals surface area contributed by atoms with Gasteiger partial charge in [0.25, 0.3) is 0 Å². The van der Waals surface area contributed by atoms with Gasteiger partial charge in [0.15, 0.2) is 0 Å². The van der Waals surface area contributed by atoms with E-state index in [1.165, 1.54) is 18.1 Å². The Kier molecular flexibility index (Phi) is 6.53. The SMILES string of the molecule is CC(=O)OC/C1=C/C[C@@H]2CC[C@](C)(O)[C@@H](CC/C(C)=C/CC1)C2(C)C. The molecular formula is C22H36O3. The molecule has 3 atom stereocenters. The van der Waals surface area contributed by atoms with E-state index in [1.807, 2.05) is 6.92 Å². The van der Waals surface area contributed by atoms with E-state index in [0.717, 1.165) is 44.9 Å². The number of ether oxygens (including phenoxy) is 1. The smallest absolute Gasteiger partial charge is 0.302 e. The lowest BCUT2D eigenvalue weighted by Gasteiger charge is -2.53. The van der Waals surface area contributed by atoms with Crippen molar-refractivity contribution in [1.82, 2.24) is 0 Å². The van der Waals surface area contributed by atoms with Crippen molar-refractivity contribution >= 4 is 5.97 Å². The van der Waals surface area contributed by atoms with Gasteiger partial charge in [-0.1, -0.05) is 31.6 Å². The van der Waals surface area contributed by atoms with Crippen LogP contribution in [0.4, 0.5) is 0 Å². The fourth-order valence-corrected chi connectivity index (χ4v) is 4.92. The quantitative estimate of drug-likeness (QED) is 0.552. The van der Waals surface area contributed by atoms with E-state index in [0.29, 0.717) is 18.4 Å². The first-order valence-corrected chi connectivity index (χ1v) is 9.82. The maximum atomic E-state index is 11.2. The number of aliphatic hydroxyl groups is 1. The molecule has 2 rings (SSSR count). The highest BCUT2D eigenvalue weighted by atomic mass is 16.5. The molecule has 0 aromatic rings. The molecule has 1 fully saturated rings. The minimum absolute atomic E-state index is 0.101. The third-order valence-corrected chi connectivity index (χ3v) is 6.64. The third-order valence-electron chi connectivity index (χ3n) is 6.64. The molecule has 3 heteroatoms. The first-order valence-electron chi connectivity index (χ1n) is 9.82. The number of hydrogen-bond donors (Lipinski definition) is 1. The van der Waals surface area contributed by atoms with Gasteiger partial charge < -0.3 is 9.84 Å². The van der Waals surface area contributed by atoms with Crippen LogP contribution in [0.25, 0.3) is 0 Å². The van der Waals surface area contributed by atoms with Gasteiger partial charge in [0.2, 0.25) is 0 Å². The lowest BCUT2D eigenvalue weighted by molar-refractivity contribution is -0.140. The molecule has 0 aromatic heterocycles. The Morgan fingerprint density at radius 2 is 1.96 bits per heavy atom. The van der Waals surface area contributed by atoms with Crippen molar-refractivity contribution in [3.8, 4) is 0 Å². The Morgan fingerprint density at radius 3 is 2.64 bits per heavy atom. The summed E-state index contributed by atoms with van der Waals surface area (Å²) < 4.78 is 5.25. The summed E-state index contributed by atoms with van der Waals surface area (Å²) in [5.41, 5.74) is 2.16. The van der Waals surface area contributed by atoms with Crippen molar-refractivity contribution < 1.29 is 14.6 Å². The number of hydrogen-bond acceptors (Lipinski definition) is 3. The normalized spacial score (nSPS) is 37.5. The highest BCUT2D eigenvalue weighted by molar-refractivity contribution is 5.66. The Labute approximate surface area is 153 Å². The molecule has 0 aromatic carbocycles. The Bertz CT molecular complexity index is 539. The summed E-state index contributed by atoms with van der Waals surface area (Å²) in [6.07, 6.45) is 11.6. The van der Waals surface area contributed by atoms with Crippen LogP contribution in [0.2, 0.25) is 0 Å².